The van der Waals surface area contributed by atoms with E-state index in [1.54, 1.807) is 13.1 Å². The molecule has 5 rings (SSSR count). The van der Waals surface area contributed by atoms with E-state index in [2.05, 4.69) is 91.3 Å². The molecule has 0 bridgehead atoms. The molecule has 9 heteroatoms. The van der Waals surface area contributed by atoms with Crippen LogP contribution in [0.3, 0.4) is 0 Å². The minimum atomic E-state index is -0.642. The van der Waals surface area contributed by atoms with Crippen molar-refractivity contribution in [2.24, 2.45) is 5.92 Å². The van der Waals surface area contributed by atoms with Crippen LogP contribution in [0, 0.1) is 5.92 Å². The number of hydrogen-bond acceptors (Lipinski definition) is 6. The molecule has 4 atom stereocenters. The molecule has 3 aromatic rings. The molecule has 0 spiro atoms. The normalized spacial score (nSPS) is 20.8. The van der Waals surface area contributed by atoms with Crippen LogP contribution in [0.2, 0.25) is 0 Å². The van der Waals surface area contributed by atoms with Gasteiger partial charge in [0.1, 0.15) is 19.3 Å². The Labute approximate surface area is 281 Å². The van der Waals surface area contributed by atoms with E-state index in [1.807, 2.05) is 34.9 Å². The molecule has 3 aromatic carbocycles. The number of likely N-dealkylation sites (tertiary alicyclic amines) is 2. The van der Waals surface area contributed by atoms with Gasteiger partial charge < -0.3 is 19.7 Å². The first kappa shape index (κ1) is 33.9. The van der Waals surface area contributed by atoms with Crippen molar-refractivity contribution in [3.63, 3.8) is 0 Å². The van der Waals surface area contributed by atoms with Gasteiger partial charge in [0.25, 0.3) is 0 Å². The third-order valence-electron chi connectivity index (χ3n) is 8.92. The van der Waals surface area contributed by atoms with Gasteiger partial charge in [0.2, 0.25) is 5.91 Å². The second-order valence-corrected chi connectivity index (χ2v) is 13.4. The van der Waals surface area contributed by atoms with E-state index in [4.69, 9.17) is 9.47 Å². The Balaban J connectivity index is 1.46. The number of nitrogens with one attached hydrogen (secondary N) is 1. The smallest absolute Gasteiger partial charge is 0.410 e. The monoisotopic (exact) mass is 653 g/mol. The van der Waals surface area contributed by atoms with Crippen LogP contribution >= 0.6 is 11.8 Å². The third kappa shape index (κ3) is 7.57. The fourth-order valence-electron chi connectivity index (χ4n) is 6.90. The fraction of sp³-hybridized carbons (Fsp3) is 0.342. The Morgan fingerprint density at radius 3 is 1.74 bits per heavy atom. The van der Waals surface area contributed by atoms with Crippen molar-refractivity contribution in [2.45, 2.75) is 41.3 Å². The summed E-state index contributed by atoms with van der Waals surface area (Å²) in [5, 5.41) is 2.74. The lowest BCUT2D eigenvalue weighted by Crippen LogP contribution is -2.45. The molecule has 2 heterocycles. The fourth-order valence-corrected chi connectivity index (χ4v) is 8.77. The van der Waals surface area contributed by atoms with Crippen LogP contribution in [0.4, 0.5) is 9.59 Å². The van der Waals surface area contributed by atoms with Gasteiger partial charge in [-0.1, -0.05) is 116 Å². The number of amides is 3. The van der Waals surface area contributed by atoms with Crippen molar-refractivity contribution >= 4 is 29.9 Å². The standard InChI is InChI=1S/C38H43N3O5S/c1-4-21-45-36(43)40-27-33(25-32(40)23-28-24-34(35(42)39-3)41(26-28)37(44)46-22-5-2)47-38(29-15-9-6-10-16-29,30-17-11-7-12-18-30)31-19-13-8-14-20-31/h4-20,28,32-34H,1-2,21-27H2,3H3,(H,39,42)/t28?,32-,33+,34?/m1/s1. The summed E-state index contributed by atoms with van der Waals surface area (Å²) < 4.78 is 10.4. The SMILES string of the molecule is C=CCOC(=O)N1CC(C[C@@H]2C[C@H](SC(c3ccccc3)(c3ccccc3)c3ccccc3)CN2C(=O)OCC=C)CC1C(=O)NC. The average molecular weight is 654 g/mol. The molecule has 1 N–H and O–H groups in total. The molecule has 0 saturated carbocycles. The highest BCUT2D eigenvalue weighted by Crippen LogP contribution is 2.52. The summed E-state index contributed by atoms with van der Waals surface area (Å²) >= 11 is 1.86. The summed E-state index contributed by atoms with van der Waals surface area (Å²) in [5.41, 5.74) is 3.47. The van der Waals surface area contributed by atoms with Crippen LogP contribution < -0.4 is 5.32 Å². The number of hydrogen-bond donors (Lipinski definition) is 1. The lowest BCUT2D eigenvalue weighted by molar-refractivity contribution is -0.124. The Hall–Kier alpha value is -4.50. The number of benzene rings is 3. The summed E-state index contributed by atoms with van der Waals surface area (Å²) in [6.07, 6.45) is 3.97. The van der Waals surface area contributed by atoms with Crippen LogP contribution in [0.15, 0.2) is 116 Å². The molecule has 47 heavy (non-hydrogen) atoms. The Bertz CT molecular complexity index is 1420. The van der Waals surface area contributed by atoms with E-state index in [9.17, 15) is 14.4 Å². The predicted octanol–water partition coefficient (Wildman–Crippen LogP) is 6.63. The maximum Gasteiger partial charge on any atom is 0.410 e. The zero-order valence-electron chi connectivity index (χ0n) is 26.8. The summed E-state index contributed by atoms with van der Waals surface area (Å²) in [4.78, 5) is 42.6. The largest absolute Gasteiger partial charge is 0.445 e. The summed E-state index contributed by atoms with van der Waals surface area (Å²) in [5.74, 6) is -0.248. The minimum Gasteiger partial charge on any atom is -0.445 e. The molecule has 2 fully saturated rings. The van der Waals surface area contributed by atoms with Crippen LogP contribution in [-0.4, -0.2) is 78.6 Å². The minimum absolute atomic E-state index is 0.0147. The van der Waals surface area contributed by atoms with Gasteiger partial charge in [-0.05, 0) is 41.9 Å². The Morgan fingerprint density at radius 1 is 0.787 bits per heavy atom. The topological polar surface area (TPSA) is 88.2 Å². The van der Waals surface area contributed by atoms with Gasteiger partial charge in [-0.15, -0.1) is 11.8 Å². The molecule has 2 aliphatic rings. The van der Waals surface area contributed by atoms with Gasteiger partial charge in [-0.2, -0.15) is 0 Å². The van der Waals surface area contributed by atoms with E-state index >= 15 is 0 Å². The second kappa shape index (κ2) is 15.9. The summed E-state index contributed by atoms with van der Waals surface area (Å²) in [7, 11) is 1.57. The number of rotatable bonds is 12. The van der Waals surface area contributed by atoms with E-state index in [-0.39, 0.29) is 42.4 Å². The number of likely N-dealkylation sites (N-methyl/N-ethyl adjacent to an activating group) is 1. The highest BCUT2D eigenvalue weighted by molar-refractivity contribution is 8.01. The van der Waals surface area contributed by atoms with Crippen molar-refractivity contribution in [1.29, 1.82) is 0 Å². The number of carbonyl (C=O) groups excluding carboxylic acids is 3. The maximum atomic E-state index is 13.5. The molecular weight excluding hydrogens is 611 g/mol. The molecule has 2 saturated heterocycles. The second-order valence-electron chi connectivity index (χ2n) is 11.9. The quantitative estimate of drug-likeness (QED) is 0.175. The van der Waals surface area contributed by atoms with E-state index in [0.29, 0.717) is 25.9 Å². The van der Waals surface area contributed by atoms with Crippen LogP contribution in [-0.2, 0) is 19.0 Å². The number of nitrogens with zero attached hydrogens (tertiary/aromatic N) is 2. The number of ether oxygens (including phenoxy) is 2. The molecule has 3 amide bonds. The molecule has 0 aliphatic carbocycles. The number of thioether (sulfide) groups is 1. The average Bonchev–Trinajstić information content (AvgIpc) is 3.73. The molecule has 8 nitrogen and oxygen atoms in total. The highest BCUT2D eigenvalue weighted by atomic mass is 32.2. The van der Waals surface area contributed by atoms with Gasteiger partial charge in [0, 0.05) is 31.4 Å². The molecule has 2 unspecified atom stereocenters. The lowest BCUT2D eigenvalue weighted by Gasteiger charge is -2.37. The third-order valence-corrected chi connectivity index (χ3v) is 10.7. The number of carbonyl (C=O) groups is 3. The molecule has 246 valence electrons. The van der Waals surface area contributed by atoms with E-state index in [0.717, 1.165) is 23.1 Å². The van der Waals surface area contributed by atoms with Crippen molar-refractivity contribution in [3.8, 4) is 0 Å². The van der Waals surface area contributed by atoms with Gasteiger partial charge in [-0.3, -0.25) is 9.69 Å². The Kier molecular flexibility index (Phi) is 11.4. The van der Waals surface area contributed by atoms with Crippen LogP contribution in [0.1, 0.15) is 36.0 Å². The first-order valence-corrected chi connectivity index (χ1v) is 16.9. The van der Waals surface area contributed by atoms with Gasteiger partial charge in [0.05, 0.1) is 4.75 Å². The lowest BCUT2D eigenvalue weighted by atomic mass is 9.84. The van der Waals surface area contributed by atoms with Crippen LogP contribution in [0.5, 0.6) is 0 Å². The molecule has 2 aliphatic heterocycles. The molecule has 0 aromatic heterocycles. The van der Waals surface area contributed by atoms with Crippen molar-refractivity contribution in [2.75, 3.05) is 33.4 Å². The van der Waals surface area contributed by atoms with E-state index < -0.39 is 16.9 Å². The maximum absolute atomic E-state index is 13.5. The van der Waals surface area contributed by atoms with Crippen molar-refractivity contribution in [3.05, 3.63) is 133 Å². The Morgan fingerprint density at radius 2 is 1.28 bits per heavy atom. The molecular formula is C38H43N3O5S. The zero-order valence-corrected chi connectivity index (χ0v) is 27.6. The van der Waals surface area contributed by atoms with Gasteiger partial charge in [0.15, 0.2) is 0 Å². The van der Waals surface area contributed by atoms with Crippen LogP contribution in [0.25, 0.3) is 0 Å². The van der Waals surface area contributed by atoms with Crippen molar-refractivity contribution < 1.29 is 23.9 Å². The first-order valence-electron chi connectivity index (χ1n) is 16.1. The van der Waals surface area contributed by atoms with Gasteiger partial charge >= 0.3 is 12.2 Å². The summed E-state index contributed by atoms with van der Waals surface area (Å²) in [6.45, 7) is 8.37. The van der Waals surface area contributed by atoms with Crippen molar-refractivity contribution in [1.82, 2.24) is 15.1 Å². The first-order chi connectivity index (χ1) is 22.9. The molecule has 0 radical (unpaired) electrons. The highest BCUT2D eigenvalue weighted by Gasteiger charge is 2.47. The van der Waals surface area contributed by atoms with E-state index in [1.165, 1.54) is 11.0 Å². The zero-order chi connectivity index (χ0) is 33.2. The summed E-state index contributed by atoms with van der Waals surface area (Å²) in [6, 6.07) is 30.8. The van der Waals surface area contributed by atoms with Gasteiger partial charge in [-0.25, -0.2) is 9.59 Å². The predicted molar refractivity (Wildman–Crippen MR) is 186 cm³/mol.